The van der Waals surface area contributed by atoms with Gasteiger partial charge in [0.15, 0.2) is 0 Å². The number of amides is 2. The standard InChI is InChI=1S/C24H21F3N2O5S/c1-13-19(23(32)34-3)22(29-18(30)11-14-7-9-17(33-2)10-8-14)35-20(13)21(31)28-16-6-4-5-15(12-16)24(25,26)27/h4-10,12H,11H2,1-3H3,(H,28,31)(H,29,30). The fourth-order valence-corrected chi connectivity index (χ4v) is 4.33. The van der Waals surface area contributed by atoms with Crippen LogP contribution in [0.5, 0.6) is 5.75 Å². The van der Waals surface area contributed by atoms with Crippen molar-refractivity contribution in [3.63, 3.8) is 0 Å². The first-order valence-electron chi connectivity index (χ1n) is 10.2. The van der Waals surface area contributed by atoms with E-state index in [1.54, 1.807) is 24.3 Å². The summed E-state index contributed by atoms with van der Waals surface area (Å²) in [6.07, 6.45) is -4.58. The van der Waals surface area contributed by atoms with Gasteiger partial charge < -0.3 is 20.1 Å². The number of carbonyl (C=O) groups is 3. The highest BCUT2D eigenvalue weighted by molar-refractivity contribution is 7.18. The first-order chi connectivity index (χ1) is 16.5. The van der Waals surface area contributed by atoms with Gasteiger partial charge in [-0.2, -0.15) is 13.2 Å². The Morgan fingerprint density at radius 2 is 1.69 bits per heavy atom. The van der Waals surface area contributed by atoms with Crippen LogP contribution in [0.2, 0.25) is 0 Å². The van der Waals surface area contributed by atoms with E-state index >= 15 is 0 Å². The number of halogens is 3. The maximum absolute atomic E-state index is 13.0. The smallest absolute Gasteiger partial charge is 0.416 e. The Labute approximate surface area is 202 Å². The van der Waals surface area contributed by atoms with E-state index in [1.807, 2.05) is 0 Å². The molecule has 3 aromatic rings. The van der Waals surface area contributed by atoms with Crippen LogP contribution in [-0.2, 0) is 22.1 Å². The fraction of sp³-hybridized carbons (Fsp3) is 0.208. The summed E-state index contributed by atoms with van der Waals surface area (Å²) in [5.41, 5.74) is -0.0678. The number of nitrogens with one attached hydrogen (secondary N) is 2. The van der Waals surface area contributed by atoms with Gasteiger partial charge in [-0.05, 0) is 48.4 Å². The van der Waals surface area contributed by atoms with E-state index in [4.69, 9.17) is 9.47 Å². The number of esters is 1. The lowest BCUT2D eigenvalue weighted by Gasteiger charge is -2.09. The molecule has 184 valence electrons. The van der Waals surface area contributed by atoms with Crippen LogP contribution in [0, 0.1) is 6.92 Å². The van der Waals surface area contributed by atoms with Crippen molar-refractivity contribution in [2.45, 2.75) is 19.5 Å². The van der Waals surface area contributed by atoms with Gasteiger partial charge in [0, 0.05) is 5.69 Å². The van der Waals surface area contributed by atoms with E-state index in [0.717, 1.165) is 30.6 Å². The van der Waals surface area contributed by atoms with Crippen LogP contribution in [-0.4, -0.2) is 32.0 Å². The van der Waals surface area contributed by atoms with Gasteiger partial charge in [0.25, 0.3) is 5.91 Å². The van der Waals surface area contributed by atoms with Crippen LogP contribution < -0.4 is 15.4 Å². The van der Waals surface area contributed by atoms with Crippen molar-refractivity contribution in [1.82, 2.24) is 0 Å². The van der Waals surface area contributed by atoms with Crippen LogP contribution >= 0.6 is 11.3 Å². The van der Waals surface area contributed by atoms with Crippen molar-refractivity contribution in [1.29, 1.82) is 0 Å². The van der Waals surface area contributed by atoms with Gasteiger partial charge >= 0.3 is 12.1 Å². The summed E-state index contributed by atoms with van der Waals surface area (Å²) in [6, 6.07) is 11.0. The predicted molar refractivity (Wildman–Crippen MR) is 125 cm³/mol. The second kappa shape index (κ2) is 10.6. The molecule has 0 bridgehead atoms. The van der Waals surface area contributed by atoms with E-state index < -0.39 is 29.5 Å². The molecule has 1 aromatic heterocycles. The molecule has 0 saturated carbocycles. The number of rotatable bonds is 7. The summed E-state index contributed by atoms with van der Waals surface area (Å²) in [4.78, 5) is 37.9. The van der Waals surface area contributed by atoms with Crippen LogP contribution in [0.3, 0.4) is 0 Å². The molecule has 2 aromatic carbocycles. The van der Waals surface area contributed by atoms with Crippen LogP contribution in [0.15, 0.2) is 48.5 Å². The number of hydrogen-bond donors (Lipinski definition) is 2. The Bertz CT molecular complexity index is 1250. The predicted octanol–water partition coefficient (Wildman–Crippen LogP) is 5.30. The van der Waals surface area contributed by atoms with Crippen molar-refractivity contribution in [3.05, 3.63) is 75.7 Å². The Kier molecular flexibility index (Phi) is 7.80. The zero-order valence-corrected chi connectivity index (χ0v) is 19.7. The molecule has 0 atom stereocenters. The molecule has 11 heteroatoms. The first-order valence-corrected chi connectivity index (χ1v) is 11.0. The minimum absolute atomic E-state index is 0.00484. The summed E-state index contributed by atoms with van der Waals surface area (Å²) in [5, 5.41) is 5.14. The third-order valence-electron chi connectivity index (χ3n) is 4.97. The number of alkyl halides is 3. The van der Waals surface area contributed by atoms with Gasteiger partial charge in [-0.3, -0.25) is 9.59 Å². The number of anilines is 2. The molecule has 0 unspecified atom stereocenters. The summed E-state index contributed by atoms with van der Waals surface area (Å²) in [7, 11) is 2.68. The van der Waals surface area contributed by atoms with Crippen LogP contribution in [0.25, 0.3) is 0 Å². The van der Waals surface area contributed by atoms with Crippen LogP contribution in [0.4, 0.5) is 23.9 Å². The molecule has 0 radical (unpaired) electrons. The Hall–Kier alpha value is -3.86. The fourth-order valence-electron chi connectivity index (χ4n) is 3.23. The zero-order valence-electron chi connectivity index (χ0n) is 18.9. The largest absolute Gasteiger partial charge is 0.497 e. The molecule has 2 amide bonds. The second-order valence-electron chi connectivity index (χ2n) is 7.36. The van der Waals surface area contributed by atoms with Gasteiger partial charge in [0.05, 0.1) is 36.6 Å². The topological polar surface area (TPSA) is 93.7 Å². The van der Waals surface area contributed by atoms with E-state index in [2.05, 4.69) is 10.6 Å². The monoisotopic (exact) mass is 506 g/mol. The third-order valence-corrected chi connectivity index (χ3v) is 6.17. The molecule has 7 nitrogen and oxygen atoms in total. The SMILES string of the molecule is COC(=O)c1c(NC(=O)Cc2ccc(OC)cc2)sc(C(=O)Nc2cccc(C(F)(F)F)c2)c1C. The van der Waals surface area contributed by atoms with Gasteiger partial charge in [0.1, 0.15) is 10.8 Å². The minimum Gasteiger partial charge on any atom is -0.497 e. The highest BCUT2D eigenvalue weighted by Crippen LogP contribution is 2.35. The maximum Gasteiger partial charge on any atom is 0.416 e. The molecule has 2 N–H and O–H groups in total. The maximum atomic E-state index is 13.0. The van der Waals surface area contributed by atoms with E-state index in [-0.39, 0.29) is 33.1 Å². The molecule has 0 aliphatic rings. The molecular formula is C24H21F3N2O5S. The molecule has 0 saturated heterocycles. The molecule has 0 aliphatic heterocycles. The third kappa shape index (κ3) is 6.18. The van der Waals surface area contributed by atoms with E-state index in [0.29, 0.717) is 11.3 Å². The summed E-state index contributed by atoms with van der Waals surface area (Å²) in [5.74, 6) is -1.30. The van der Waals surface area contributed by atoms with E-state index in [9.17, 15) is 27.6 Å². The first kappa shape index (κ1) is 25.8. The molecule has 35 heavy (non-hydrogen) atoms. The number of methoxy groups -OCH3 is 2. The normalized spacial score (nSPS) is 11.0. The molecular weight excluding hydrogens is 485 g/mol. The van der Waals surface area contributed by atoms with Crippen molar-refractivity contribution >= 4 is 39.8 Å². The van der Waals surface area contributed by atoms with Gasteiger partial charge in [-0.1, -0.05) is 18.2 Å². The average Bonchev–Trinajstić information content (AvgIpc) is 3.14. The quantitative estimate of drug-likeness (QED) is 0.424. The second-order valence-corrected chi connectivity index (χ2v) is 8.38. The Balaban J connectivity index is 1.84. The lowest BCUT2D eigenvalue weighted by atomic mass is 10.1. The summed E-state index contributed by atoms with van der Waals surface area (Å²) in [6.45, 7) is 1.49. The van der Waals surface area contributed by atoms with Crippen molar-refractivity contribution in [2.75, 3.05) is 24.9 Å². The highest BCUT2D eigenvalue weighted by atomic mass is 32.1. The number of benzene rings is 2. The Morgan fingerprint density at radius 1 is 1.00 bits per heavy atom. The number of carbonyl (C=O) groups excluding carboxylic acids is 3. The molecule has 1 heterocycles. The van der Waals surface area contributed by atoms with Gasteiger partial charge in [-0.15, -0.1) is 11.3 Å². The molecule has 0 aliphatic carbocycles. The van der Waals surface area contributed by atoms with Crippen molar-refractivity contribution < 1.29 is 37.0 Å². The molecule has 0 spiro atoms. The zero-order chi connectivity index (χ0) is 25.8. The summed E-state index contributed by atoms with van der Waals surface area (Å²) < 4.78 is 48.8. The van der Waals surface area contributed by atoms with Crippen molar-refractivity contribution in [2.24, 2.45) is 0 Å². The number of thiophene rings is 1. The number of hydrogen-bond acceptors (Lipinski definition) is 6. The lowest BCUT2D eigenvalue weighted by molar-refractivity contribution is -0.137. The van der Waals surface area contributed by atoms with Crippen molar-refractivity contribution in [3.8, 4) is 5.75 Å². The van der Waals surface area contributed by atoms with Crippen LogP contribution in [0.1, 0.15) is 36.7 Å². The van der Waals surface area contributed by atoms with Gasteiger partial charge in [0.2, 0.25) is 5.91 Å². The van der Waals surface area contributed by atoms with Gasteiger partial charge in [-0.25, -0.2) is 4.79 Å². The Morgan fingerprint density at radius 3 is 2.29 bits per heavy atom. The summed E-state index contributed by atoms with van der Waals surface area (Å²) >= 11 is 0.825. The highest BCUT2D eigenvalue weighted by Gasteiger charge is 2.31. The van der Waals surface area contributed by atoms with E-state index in [1.165, 1.54) is 26.2 Å². The lowest BCUT2D eigenvalue weighted by Crippen LogP contribution is -2.16. The molecule has 0 fully saturated rings. The average molecular weight is 507 g/mol. The number of ether oxygens (including phenoxy) is 2. The molecule has 3 rings (SSSR count). The minimum atomic E-state index is -4.57.